The molecule has 0 aliphatic carbocycles. The molecule has 0 saturated carbocycles. The summed E-state index contributed by atoms with van der Waals surface area (Å²) in [5.41, 5.74) is 0.983. The topological polar surface area (TPSA) is 80.5 Å². The summed E-state index contributed by atoms with van der Waals surface area (Å²) < 4.78 is 28.6. The summed E-state index contributed by atoms with van der Waals surface area (Å²) in [6, 6.07) is 21.1. The molecule has 0 unspecified atom stereocenters. The molecule has 0 aromatic heterocycles. The molecule has 0 radical (unpaired) electrons. The van der Waals surface area contributed by atoms with Crippen molar-refractivity contribution in [3.8, 4) is 0 Å². The van der Waals surface area contributed by atoms with Gasteiger partial charge in [0, 0.05) is 16.6 Å². The molecular weight excluding hydrogens is 432 g/mol. The Bertz CT molecular complexity index is 1070. The summed E-state index contributed by atoms with van der Waals surface area (Å²) in [5.74, 6) is 0. The second kappa shape index (κ2) is 7.89. The highest BCUT2D eigenvalue weighted by molar-refractivity contribution is 9.10. The first-order chi connectivity index (χ1) is 12.9. The second-order valence-electron chi connectivity index (χ2n) is 5.73. The van der Waals surface area contributed by atoms with Crippen LogP contribution in [0.15, 0.2) is 88.2 Å². The van der Waals surface area contributed by atoms with Gasteiger partial charge in [-0.1, -0.05) is 58.4 Å². The first-order valence-electron chi connectivity index (χ1n) is 7.94. The maximum absolute atomic E-state index is 13.3. The Hall–Kier alpha value is -2.71. The predicted octanol–water partition coefficient (Wildman–Crippen LogP) is 4.75. The number of nitro benzene ring substituents is 1. The Morgan fingerprint density at radius 3 is 2.30 bits per heavy atom. The van der Waals surface area contributed by atoms with Gasteiger partial charge in [0.25, 0.3) is 15.7 Å². The fourth-order valence-electron chi connectivity index (χ4n) is 2.58. The van der Waals surface area contributed by atoms with E-state index in [2.05, 4.69) is 15.9 Å². The molecular formula is C19H15BrN2O4S. The van der Waals surface area contributed by atoms with Gasteiger partial charge in [0.1, 0.15) is 0 Å². The van der Waals surface area contributed by atoms with E-state index in [1.165, 1.54) is 22.5 Å². The van der Waals surface area contributed by atoms with Gasteiger partial charge >= 0.3 is 0 Å². The van der Waals surface area contributed by atoms with Gasteiger partial charge in [-0.2, -0.15) is 0 Å². The molecule has 0 N–H and O–H groups in total. The molecule has 0 spiro atoms. The number of nitrogens with zero attached hydrogens (tertiary/aromatic N) is 2. The highest BCUT2D eigenvalue weighted by Gasteiger charge is 2.27. The first kappa shape index (κ1) is 19.1. The van der Waals surface area contributed by atoms with Gasteiger partial charge in [-0.05, 0) is 29.8 Å². The number of hydrogen-bond donors (Lipinski definition) is 0. The molecule has 3 rings (SSSR count). The van der Waals surface area contributed by atoms with Crippen molar-refractivity contribution in [1.82, 2.24) is 0 Å². The lowest BCUT2D eigenvalue weighted by Crippen LogP contribution is -2.30. The molecule has 6 nitrogen and oxygen atoms in total. The summed E-state index contributed by atoms with van der Waals surface area (Å²) in [5, 5.41) is 11.0. The predicted molar refractivity (Wildman–Crippen MR) is 107 cm³/mol. The van der Waals surface area contributed by atoms with E-state index in [0.717, 1.165) is 16.1 Å². The zero-order valence-corrected chi connectivity index (χ0v) is 16.4. The van der Waals surface area contributed by atoms with Crippen molar-refractivity contribution in [3.05, 3.63) is 99.0 Å². The Balaban J connectivity index is 2.11. The van der Waals surface area contributed by atoms with Crippen LogP contribution >= 0.6 is 15.9 Å². The summed E-state index contributed by atoms with van der Waals surface area (Å²) in [7, 11) is -4.02. The van der Waals surface area contributed by atoms with Gasteiger partial charge in [-0.15, -0.1) is 0 Å². The Labute approximate surface area is 165 Å². The van der Waals surface area contributed by atoms with E-state index >= 15 is 0 Å². The molecule has 0 atom stereocenters. The average Bonchev–Trinajstić information content (AvgIpc) is 2.67. The number of hydrogen-bond acceptors (Lipinski definition) is 4. The van der Waals surface area contributed by atoms with Crippen LogP contribution < -0.4 is 4.31 Å². The van der Waals surface area contributed by atoms with Crippen molar-refractivity contribution in [3.63, 3.8) is 0 Å². The Morgan fingerprint density at radius 2 is 1.63 bits per heavy atom. The van der Waals surface area contributed by atoms with Gasteiger partial charge < -0.3 is 0 Å². The van der Waals surface area contributed by atoms with Gasteiger partial charge in [0.2, 0.25) is 0 Å². The third-order valence-corrected chi connectivity index (χ3v) is 6.14. The lowest BCUT2D eigenvalue weighted by atomic mass is 10.2. The van der Waals surface area contributed by atoms with Crippen LogP contribution in [0.25, 0.3) is 0 Å². The second-order valence-corrected chi connectivity index (χ2v) is 8.51. The molecule has 0 aliphatic rings. The normalized spacial score (nSPS) is 11.1. The maximum Gasteiger partial charge on any atom is 0.270 e. The van der Waals surface area contributed by atoms with Crippen LogP contribution in [0, 0.1) is 10.1 Å². The van der Waals surface area contributed by atoms with Crippen molar-refractivity contribution >= 4 is 37.3 Å². The lowest BCUT2D eigenvalue weighted by molar-refractivity contribution is -0.385. The van der Waals surface area contributed by atoms with Crippen LogP contribution in [0.4, 0.5) is 11.4 Å². The van der Waals surface area contributed by atoms with E-state index in [1.807, 2.05) is 30.3 Å². The van der Waals surface area contributed by atoms with E-state index in [0.29, 0.717) is 5.69 Å². The number of anilines is 1. The van der Waals surface area contributed by atoms with Gasteiger partial charge in [0.15, 0.2) is 0 Å². The smallest absolute Gasteiger partial charge is 0.262 e. The molecule has 3 aromatic carbocycles. The molecule has 0 heterocycles. The van der Waals surface area contributed by atoms with Crippen molar-refractivity contribution in [2.75, 3.05) is 4.31 Å². The number of rotatable bonds is 6. The third-order valence-electron chi connectivity index (χ3n) is 3.88. The van der Waals surface area contributed by atoms with Crippen molar-refractivity contribution < 1.29 is 13.3 Å². The quantitative estimate of drug-likeness (QED) is 0.403. The van der Waals surface area contributed by atoms with Crippen LogP contribution in [-0.4, -0.2) is 13.3 Å². The molecule has 8 heteroatoms. The zero-order chi connectivity index (χ0) is 19.4. The first-order valence-corrected chi connectivity index (χ1v) is 10.2. The lowest BCUT2D eigenvalue weighted by Gasteiger charge is -2.25. The molecule has 3 aromatic rings. The molecule has 0 amide bonds. The zero-order valence-electron chi connectivity index (χ0n) is 14.0. The van der Waals surface area contributed by atoms with Gasteiger partial charge in [-0.25, -0.2) is 8.42 Å². The Morgan fingerprint density at radius 1 is 0.926 bits per heavy atom. The SMILES string of the molecule is O=[N+]([O-])c1cccc(S(=O)(=O)N(Cc2ccccc2)c2cccc(Br)c2)c1. The number of halogens is 1. The number of non-ortho nitro benzene ring substituents is 1. The summed E-state index contributed by atoms with van der Waals surface area (Å²) in [4.78, 5) is 10.3. The van der Waals surface area contributed by atoms with E-state index < -0.39 is 14.9 Å². The van der Waals surface area contributed by atoms with Crippen LogP contribution in [0.2, 0.25) is 0 Å². The highest BCUT2D eigenvalue weighted by Crippen LogP contribution is 2.29. The molecule has 0 saturated heterocycles. The molecule has 27 heavy (non-hydrogen) atoms. The molecule has 0 bridgehead atoms. The minimum atomic E-state index is -4.02. The van der Waals surface area contributed by atoms with E-state index in [4.69, 9.17) is 0 Å². The molecule has 0 aliphatic heterocycles. The van der Waals surface area contributed by atoms with E-state index in [9.17, 15) is 18.5 Å². The fraction of sp³-hybridized carbons (Fsp3) is 0.0526. The average molecular weight is 447 g/mol. The summed E-state index contributed by atoms with van der Waals surface area (Å²) >= 11 is 3.36. The van der Waals surface area contributed by atoms with E-state index in [-0.39, 0.29) is 17.1 Å². The Kier molecular flexibility index (Phi) is 5.57. The van der Waals surface area contributed by atoms with Crippen LogP contribution in [0.5, 0.6) is 0 Å². The number of sulfonamides is 1. The molecule has 138 valence electrons. The van der Waals surface area contributed by atoms with Crippen molar-refractivity contribution in [2.45, 2.75) is 11.4 Å². The van der Waals surface area contributed by atoms with E-state index in [1.54, 1.807) is 24.3 Å². The van der Waals surface area contributed by atoms with Crippen molar-refractivity contribution in [2.24, 2.45) is 0 Å². The van der Waals surface area contributed by atoms with Gasteiger partial charge in [0.05, 0.1) is 22.1 Å². The maximum atomic E-state index is 13.3. The van der Waals surface area contributed by atoms with Crippen molar-refractivity contribution in [1.29, 1.82) is 0 Å². The van der Waals surface area contributed by atoms with Crippen LogP contribution in [0.3, 0.4) is 0 Å². The number of benzene rings is 3. The minimum Gasteiger partial charge on any atom is -0.262 e. The fourth-order valence-corrected chi connectivity index (χ4v) is 4.45. The third kappa shape index (κ3) is 4.35. The van der Waals surface area contributed by atoms with Crippen LogP contribution in [0.1, 0.15) is 5.56 Å². The monoisotopic (exact) mass is 446 g/mol. The standard InChI is InChI=1S/C19H15BrN2O4S/c20-16-8-4-9-17(12-16)21(14-15-6-2-1-3-7-15)27(25,26)19-11-5-10-18(13-19)22(23)24/h1-13H,14H2. The summed E-state index contributed by atoms with van der Waals surface area (Å²) in [6.07, 6.45) is 0. The number of nitro groups is 1. The van der Waals surface area contributed by atoms with Gasteiger partial charge in [-0.3, -0.25) is 14.4 Å². The molecule has 0 fully saturated rings. The van der Waals surface area contributed by atoms with Crippen LogP contribution in [-0.2, 0) is 16.6 Å². The largest absolute Gasteiger partial charge is 0.270 e. The highest BCUT2D eigenvalue weighted by atomic mass is 79.9. The minimum absolute atomic E-state index is 0.0995. The summed E-state index contributed by atoms with van der Waals surface area (Å²) in [6.45, 7) is 0.0995.